The lowest BCUT2D eigenvalue weighted by Gasteiger charge is -2.17. The normalized spacial score (nSPS) is 29.5. The number of anilines is 1. The zero-order valence-electron chi connectivity index (χ0n) is 8.98. The molecular formula is C11H16N4. The van der Waals surface area contributed by atoms with Gasteiger partial charge in [0.2, 0.25) is 5.95 Å². The molecule has 3 rings (SSSR count). The van der Waals surface area contributed by atoms with Gasteiger partial charge in [-0.25, -0.2) is 9.97 Å². The van der Waals surface area contributed by atoms with Crippen molar-refractivity contribution in [3.63, 3.8) is 0 Å². The largest absolute Gasteiger partial charge is 0.340 e. The lowest BCUT2D eigenvalue weighted by molar-refractivity contribution is 0.533. The van der Waals surface area contributed by atoms with E-state index in [2.05, 4.69) is 20.2 Å². The lowest BCUT2D eigenvalue weighted by Crippen LogP contribution is -2.27. The third kappa shape index (κ3) is 1.59. The number of aromatic nitrogens is 2. The van der Waals surface area contributed by atoms with E-state index < -0.39 is 0 Å². The molecule has 1 N–H and O–H groups in total. The van der Waals surface area contributed by atoms with Gasteiger partial charge in [0.1, 0.15) is 0 Å². The molecule has 2 saturated heterocycles. The third-order valence-electron chi connectivity index (χ3n) is 3.45. The fourth-order valence-corrected chi connectivity index (χ4v) is 2.61. The molecule has 2 atom stereocenters. The van der Waals surface area contributed by atoms with Gasteiger partial charge in [0, 0.05) is 38.1 Å². The van der Waals surface area contributed by atoms with Crippen LogP contribution in [-0.4, -0.2) is 36.1 Å². The molecule has 80 valence electrons. The second kappa shape index (κ2) is 3.45. The number of aryl methyl sites for hydroxylation is 1. The lowest BCUT2D eigenvalue weighted by atomic mass is 10.0. The molecular weight excluding hydrogens is 188 g/mol. The maximum atomic E-state index is 4.48. The van der Waals surface area contributed by atoms with Crippen molar-refractivity contribution in [3.8, 4) is 0 Å². The van der Waals surface area contributed by atoms with Gasteiger partial charge in [-0.1, -0.05) is 0 Å². The highest BCUT2D eigenvalue weighted by molar-refractivity contribution is 5.33. The molecule has 0 aromatic carbocycles. The average Bonchev–Trinajstić information content (AvgIpc) is 2.76. The first kappa shape index (κ1) is 9.09. The van der Waals surface area contributed by atoms with Crippen LogP contribution in [0.1, 0.15) is 5.69 Å². The summed E-state index contributed by atoms with van der Waals surface area (Å²) < 4.78 is 0. The summed E-state index contributed by atoms with van der Waals surface area (Å²) in [6.07, 6.45) is 1.85. The van der Waals surface area contributed by atoms with Crippen molar-refractivity contribution >= 4 is 5.95 Å². The number of rotatable bonds is 1. The molecule has 1 aromatic rings. The molecule has 3 heterocycles. The van der Waals surface area contributed by atoms with E-state index in [0.29, 0.717) is 0 Å². The van der Waals surface area contributed by atoms with Crippen LogP contribution in [0.2, 0.25) is 0 Å². The minimum Gasteiger partial charge on any atom is -0.340 e. The third-order valence-corrected chi connectivity index (χ3v) is 3.45. The zero-order chi connectivity index (χ0) is 10.3. The van der Waals surface area contributed by atoms with Crippen LogP contribution in [0.5, 0.6) is 0 Å². The Kier molecular flexibility index (Phi) is 2.09. The standard InChI is InChI=1S/C11H16N4/c1-8-2-3-13-11(14-8)15-6-9-4-12-5-10(9)7-15/h2-3,9-10,12H,4-7H2,1H3/t9-,10+. The van der Waals surface area contributed by atoms with Crippen LogP contribution < -0.4 is 10.2 Å². The second-order valence-corrected chi connectivity index (χ2v) is 4.58. The van der Waals surface area contributed by atoms with Gasteiger partial charge in [0.25, 0.3) is 0 Å². The van der Waals surface area contributed by atoms with E-state index in [9.17, 15) is 0 Å². The van der Waals surface area contributed by atoms with Gasteiger partial charge < -0.3 is 10.2 Å². The van der Waals surface area contributed by atoms with Crippen molar-refractivity contribution in [3.05, 3.63) is 18.0 Å². The van der Waals surface area contributed by atoms with Gasteiger partial charge >= 0.3 is 0 Å². The number of hydrogen-bond donors (Lipinski definition) is 1. The average molecular weight is 204 g/mol. The minimum atomic E-state index is 0.800. The number of nitrogens with zero attached hydrogens (tertiary/aromatic N) is 3. The first-order valence-electron chi connectivity index (χ1n) is 5.58. The topological polar surface area (TPSA) is 41.1 Å². The van der Waals surface area contributed by atoms with Crippen molar-refractivity contribution in [2.45, 2.75) is 6.92 Å². The number of fused-ring (bicyclic) bond motifs is 1. The molecule has 0 spiro atoms. The Morgan fingerprint density at radius 3 is 2.73 bits per heavy atom. The van der Waals surface area contributed by atoms with Crippen LogP contribution in [0.25, 0.3) is 0 Å². The number of nitrogens with one attached hydrogen (secondary N) is 1. The van der Waals surface area contributed by atoms with Crippen LogP contribution in [0, 0.1) is 18.8 Å². The highest BCUT2D eigenvalue weighted by Gasteiger charge is 2.36. The van der Waals surface area contributed by atoms with Gasteiger partial charge in [0.05, 0.1) is 0 Å². The van der Waals surface area contributed by atoms with Crippen molar-refractivity contribution in [2.24, 2.45) is 11.8 Å². The SMILES string of the molecule is Cc1ccnc(N2C[C@H]3CNC[C@H]3C2)n1. The van der Waals surface area contributed by atoms with Crippen molar-refractivity contribution in [1.82, 2.24) is 15.3 Å². The Labute approximate surface area is 89.7 Å². The van der Waals surface area contributed by atoms with Gasteiger partial charge in [-0.3, -0.25) is 0 Å². The van der Waals surface area contributed by atoms with E-state index in [1.165, 1.54) is 0 Å². The minimum absolute atomic E-state index is 0.800. The Hall–Kier alpha value is -1.16. The molecule has 2 aliphatic heterocycles. The highest BCUT2D eigenvalue weighted by atomic mass is 15.3. The van der Waals surface area contributed by atoms with E-state index in [4.69, 9.17) is 0 Å². The van der Waals surface area contributed by atoms with Crippen molar-refractivity contribution in [1.29, 1.82) is 0 Å². The molecule has 0 aliphatic carbocycles. The quantitative estimate of drug-likeness (QED) is 0.720. The molecule has 4 nitrogen and oxygen atoms in total. The summed E-state index contributed by atoms with van der Waals surface area (Å²) in [4.78, 5) is 11.1. The Morgan fingerprint density at radius 1 is 1.33 bits per heavy atom. The summed E-state index contributed by atoms with van der Waals surface area (Å²) in [6.45, 7) is 6.56. The maximum absolute atomic E-state index is 4.48. The van der Waals surface area contributed by atoms with Gasteiger partial charge in [-0.2, -0.15) is 0 Å². The summed E-state index contributed by atoms with van der Waals surface area (Å²) in [7, 11) is 0. The van der Waals surface area contributed by atoms with Gasteiger partial charge in [-0.05, 0) is 24.8 Å². The van der Waals surface area contributed by atoms with Crippen molar-refractivity contribution in [2.75, 3.05) is 31.1 Å². The van der Waals surface area contributed by atoms with Crippen LogP contribution in [0.15, 0.2) is 12.3 Å². The molecule has 2 aliphatic rings. The first-order chi connectivity index (χ1) is 7.33. The van der Waals surface area contributed by atoms with Crippen LogP contribution in [-0.2, 0) is 0 Å². The molecule has 0 bridgehead atoms. The fraction of sp³-hybridized carbons (Fsp3) is 0.636. The van der Waals surface area contributed by atoms with E-state index in [1.54, 1.807) is 0 Å². The maximum Gasteiger partial charge on any atom is 0.225 e. The number of hydrogen-bond acceptors (Lipinski definition) is 4. The molecule has 0 saturated carbocycles. The molecule has 4 heteroatoms. The smallest absolute Gasteiger partial charge is 0.225 e. The van der Waals surface area contributed by atoms with Crippen LogP contribution in [0.3, 0.4) is 0 Å². The van der Waals surface area contributed by atoms with Gasteiger partial charge in [0.15, 0.2) is 0 Å². The summed E-state index contributed by atoms with van der Waals surface area (Å²) in [5.41, 5.74) is 1.05. The van der Waals surface area contributed by atoms with Crippen molar-refractivity contribution < 1.29 is 0 Å². The van der Waals surface area contributed by atoms with E-state index in [1.807, 2.05) is 19.2 Å². The molecule has 0 amide bonds. The summed E-state index contributed by atoms with van der Waals surface area (Å²) >= 11 is 0. The zero-order valence-corrected chi connectivity index (χ0v) is 8.98. The monoisotopic (exact) mass is 204 g/mol. The van der Waals surface area contributed by atoms with Crippen LogP contribution >= 0.6 is 0 Å². The van der Waals surface area contributed by atoms with E-state index >= 15 is 0 Å². The van der Waals surface area contributed by atoms with E-state index in [-0.39, 0.29) is 0 Å². The fourth-order valence-electron chi connectivity index (χ4n) is 2.61. The highest BCUT2D eigenvalue weighted by Crippen LogP contribution is 2.28. The molecule has 0 unspecified atom stereocenters. The molecule has 1 aromatic heterocycles. The second-order valence-electron chi connectivity index (χ2n) is 4.58. The predicted octanol–water partition coefficient (Wildman–Crippen LogP) is 0.441. The Balaban J connectivity index is 1.79. The Bertz CT molecular complexity index is 353. The van der Waals surface area contributed by atoms with Gasteiger partial charge in [-0.15, -0.1) is 0 Å². The molecule has 0 radical (unpaired) electrons. The first-order valence-corrected chi connectivity index (χ1v) is 5.58. The summed E-state index contributed by atoms with van der Waals surface area (Å²) in [5.74, 6) is 2.51. The summed E-state index contributed by atoms with van der Waals surface area (Å²) in [5, 5.41) is 3.44. The molecule has 15 heavy (non-hydrogen) atoms. The predicted molar refractivity (Wildman–Crippen MR) is 58.8 cm³/mol. The Morgan fingerprint density at radius 2 is 2.07 bits per heavy atom. The van der Waals surface area contributed by atoms with E-state index in [0.717, 1.165) is 49.7 Å². The van der Waals surface area contributed by atoms with Crippen LogP contribution in [0.4, 0.5) is 5.95 Å². The molecule has 2 fully saturated rings. The summed E-state index contributed by atoms with van der Waals surface area (Å²) in [6, 6.07) is 1.95.